The SMILES string of the molecule is NC(=NCc1ncc(-c2ccccc2)[nH]1)Nc1ccc2c(c1)OCCCO2. The molecule has 7 heteroatoms. The number of H-pyrrole nitrogens is 1. The summed E-state index contributed by atoms with van der Waals surface area (Å²) in [6, 6.07) is 15.6. The lowest BCUT2D eigenvalue weighted by Crippen LogP contribution is -2.22. The van der Waals surface area contributed by atoms with E-state index < -0.39 is 0 Å². The first-order chi connectivity index (χ1) is 13.3. The molecular weight excluding hydrogens is 342 g/mol. The maximum Gasteiger partial charge on any atom is 0.193 e. The van der Waals surface area contributed by atoms with Gasteiger partial charge < -0.3 is 25.5 Å². The minimum atomic E-state index is 0.308. The van der Waals surface area contributed by atoms with Crippen LogP contribution in [-0.4, -0.2) is 29.1 Å². The number of aromatic amines is 1. The molecule has 0 fully saturated rings. The van der Waals surface area contributed by atoms with Crippen molar-refractivity contribution in [3.8, 4) is 22.8 Å². The summed E-state index contributed by atoms with van der Waals surface area (Å²) in [4.78, 5) is 12.0. The van der Waals surface area contributed by atoms with E-state index in [0.717, 1.165) is 34.9 Å². The van der Waals surface area contributed by atoms with Gasteiger partial charge in [-0.15, -0.1) is 0 Å². The molecule has 1 aromatic heterocycles. The maximum atomic E-state index is 6.00. The minimum absolute atomic E-state index is 0.308. The number of nitrogens with zero attached hydrogens (tertiary/aromatic N) is 2. The van der Waals surface area contributed by atoms with Crippen LogP contribution in [0.4, 0.5) is 5.69 Å². The number of aromatic nitrogens is 2. The molecule has 7 nitrogen and oxygen atoms in total. The lowest BCUT2D eigenvalue weighted by Gasteiger charge is -2.10. The van der Waals surface area contributed by atoms with Gasteiger partial charge in [-0.05, 0) is 17.7 Å². The average Bonchev–Trinajstić information content (AvgIpc) is 3.05. The van der Waals surface area contributed by atoms with E-state index in [1.807, 2.05) is 48.5 Å². The Bertz CT molecular complexity index is 937. The fraction of sp³-hybridized carbons (Fsp3) is 0.200. The zero-order valence-corrected chi connectivity index (χ0v) is 14.8. The van der Waals surface area contributed by atoms with Crippen LogP contribution in [0.5, 0.6) is 11.5 Å². The van der Waals surface area contributed by atoms with Gasteiger partial charge in [0, 0.05) is 18.2 Å². The van der Waals surface area contributed by atoms with Crippen LogP contribution < -0.4 is 20.5 Å². The zero-order chi connectivity index (χ0) is 18.5. The van der Waals surface area contributed by atoms with Crippen molar-refractivity contribution in [1.82, 2.24) is 9.97 Å². The highest BCUT2D eigenvalue weighted by molar-refractivity contribution is 5.92. The Kier molecular flexibility index (Phi) is 4.91. The summed E-state index contributed by atoms with van der Waals surface area (Å²) in [6.07, 6.45) is 2.67. The fourth-order valence-electron chi connectivity index (χ4n) is 2.80. The summed E-state index contributed by atoms with van der Waals surface area (Å²) >= 11 is 0. The molecule has 2 heterocycles. The smallest absolute Gasteiger partial charge is 0.193 e. The highest BCUT2D eigenvalue weighted by Gasteiger charge is 2.11. The molecule has 0 amide bonds. The third-order valence-corrected chi connectivity index (χ3v) is 4.13. The summed E-state index contributed by atoms with van der Waals surface area (Å²) in [5, 5.41) is 3.07. The first-order valence-electron chi connectivity index (χ1n) is 8.84. The van der Waals surface area contributed by atoms with Crippen LogP contribution in [0.2, 0.25) is 0 Å². The van der Waals surface area contributed by atoms with E-state index in [-0.39, 0.29) is 0 Å². The van der Waals surface area contributed by atoms with Crippen LogP contribution in [-0.2, 0) is 6.54 Å². The number of ether oxygens (including phenoxy) is 2. The molecule has 138 valence electrons. The summed E-state index contributed by atoms with van der Waals surface area (Å²) < 4.78 is 11.3. The second kappa shape index (κ2) is 7.82. The number of hydrogen-bond donors (Lipinski definition) is 3. The first kappa shape index (κ1) is 17.0. The van der Waals surface area contributed by atoms with Crippen LogP contribution in [0.3, 0.4) is 0 Å². The Labute approximate surface area is 157 Å². The van der Waals surface area contributed by atoms with Crippen LogP contribution in [0.1, 0.15) is 12.2 Å². The number of guanidine groups is 1. The lowest BCUT2D eigenvalue weighted by atomic mass is 10.2. The van der Waals surface area contributed by atoms with E-state index in [4.69, 9.17) is 15.2 Å². The van der Waals surface area contributed by atoms with Crippen molar-refractivity contribution in [1.29, 1.82) is 0 Å². The Balaban J connectivity index is 1.40. The second-order valence-corrected chi connectivity index (χ2v) is 6.15. The number of nitrogens with one attached hydrogen (secondary N) is 2. The molecule has 3 aromatic rings. The van der Waals surface area contributed by atoms with Crippen molar-refractivity contribution < 1.29 is 9.47 Å². The number of nitrogens with two attached hydrogens (primary N) is 1. The molecule has 0 aliphatic carbocycles. The van der Waals surface area contributed by atoms with Crippen molar-refractivity contribution in [2.75, 3.05) is 18.5 Å². The normalized spacial score (nSPS) is 13.9. The van der Waals surface area contributed by atoms with Crippen molar-refractivity contribution in [3.05, 3.63) is 60.6 Å². The highest BCUT2D eigenvalue weighted by atomic mass is 16.5. The van der Waals surface area contributed by atoms with Crippen molar-refractivity contribution >= 4 is 11.6 Å². The van der Waals surface area contributed by atoms with E-state index >= 15 is 0 Å². The van der Waals surface area contributed by atoms with Gasteiger partial charge in [0.2, 0.25) is 0 Å². The molecule has 0 unspecified atom stereocenters. The molecule has 1 aliphatic heterocycles. The van der Waals surface area contributed by atoms with Crippen molar-refractivity contribution in [2.45, 2.75) is 13.0 Å². The fourth-order valence-corrected chi connectivity index (χ4v) is 2.80. The minimum Gasteiger partial charge on any atom is -0.490 e. The molecule has 27 heavy (non-hydrogen) atoms. The Hall–Kier alpha value is -3.48. The van der Waals surface area contributed by atoms with Gasteiger partial charge in [-0.3, -0.25) is 0 Å². The van der Waals surface area contributed by atoms with Gasteiger partial charge in [-0.25, -0.2) is 9.98 Å². The largest absolute Gasteiger partial charge is 0.490 e. The monoisotopic (exact) mass is 363 g/mol. The summed E-state index contributed by atoms with van der Waals surface area (Å²) in [6.45, 7) is 1.66. The zero-order valence-electron chi connectivity index (χ0n) is 14.8. The van der Waals surface area contributed by atoms with Crippen molar-refractivity contribution in [2.24, 2.45) is 10.7 Å². The molecule has 1 aliphatic rings. The van der Waals surface area contributed by atoms with Gasteiger partial charge in [0.25, 0.3) is 0 Å². The summed E-state index contributed by atoms with van der Waals surface area (Å²) in [7, 11) is 0. The molecule has 2 aromatic carbocycles. The van der Waals surface area contributed by atoms with Gasteiger partial charge in [-0.1, -0.05) is 30.3 Å². The number of rotatable bonds is 4. The number of imidazole rings is 1. The molecule has 0 atom stereocenters. The number of fused-ring (bicyclic) bond motifs is 1. The third kappa shape index (κ3) is 4.20. The van der Waals surface area contributed by atoms with Crippen LogP contribution in [0.25, 0.3) is 11.3 Å². The van der Waals surface area contributed by atoms with E-state index in [2.05, 4.69) is 20.3 Å². The van der Waals surface area contributed by atoms with E-state index in [1.165, 1.54) is 0 Å². The van der Waals surface area contributed by atoms with Gasteiger partial charge in [0.1, 0.15) is 12.4 Å². The maximum absolute atomic E-state index is 6.00. The number of hydrogen-bond acceptors (Lipinski definition) is 4. The van der Waals surface area contributed by atoms with Gasteiger partial charge >= 0.3 is 0 Å². The van der Waals surface area contributed by atoms with Crippen LogP contribution in [0.15, 0.2) is 59.7 Å². The van der Waals surface area contributed by atoms with Crippen molar-refractivity contribution in [3.63, 3.8) is 0 Å². The topological polar surface area (TPSA) is 97.6 Å². The quantitative estimate of drug-likeness (QED) is 0.489. The Morgan fingerprint density at radius 2 is 1.93 bits per heavy atom. The van der Waals surface area contributed by atoms with Gasteiger partial charge in [-0.2, -0.15) is 0 Å². The summed E-state index contributed by atoms with van der Waals surface area (Å²) in [5.74, 6) is 2.51. The van der Waals surface area contributed by atoms with Gasteiger partial charge in [0.05, 0.1) is 25.1 Å². The van der Waals surface area contributed by atoms with E-state index in [0.29, 0.717) is 31.5 Å². The highest BCUT2D eigenvalue weighted by Crippen LogP contribution is 2.32. The molecule has 0 radical (unpaired) electrons. The number of aliphatic imine (C=N–C) groups is 1. The molecule has 0 saturated carbocycles. The molecule has 0 spiro atoms. The molecular formula is C20H21N5O2. The summed E-state index contributed by atoms with van der Waals surface area (Å²) in [5.41, 5.74) is 8.84. The standard InChI is InChI=1S/C20H21N5O2/c21-20(24-15-7-8-17-18(11-15)27-10-4-9-26-17)23-13-19-22-12-16(25-19)14-5-2-1-3-6-14/h1-3,5-8,11-12H,4,9-10,13H2,(H,22,25)(H3,21,23,24). The van der Waals surface area contributed by atoms with Crippen LogP contribution in [0, 0.1) is 0 Å². The average molecular weight is 363 g/mol. The number of benzene rings is 2. The van der Waals surface area contributed by atoms with E-state index in [1.54, 1.807) is 6.20 Å². The predicted octanol–water partition coefficient (Wildman–Crippen LogP) is 3.16. The van der Waals surface area contributed by atoms with E-state index in [9.17, 15) is 0 Å². The Morgan fingerprint density at radius 1 is 1.11 bits per heavy atom. The van der Waals surface area contributed by atoms with Crippen LogP contribution >= 0.6 is 0 Å². The molecule has 4 rings (SSSR count). The predicted molar refractivity (Wildman–Crippen MR) is 105 cm³/mol. The third-order valence-electron chi connectivity index (χ3n) is 4.13. The second-order valence-electron chi connectivity index (χ2n) is 6.15. The Morgan fingerprint density at radius 3 is 2.78 bits per heavy atom. The number of anilines is 1. The van der Waals surface area contributed by atoms with Gasteiger partial charge in [0.15, 0.2) is 17.5 Å². The molecule has 0 saturated heterocycles. The lowest BCUT2D eigenvalue weighted by molar-refractivity contribution is 0.297. The first-order valence-corrected chi connectivity index (χ1v) is 8.84. The molecule has 4 N–H and O–H groups in total. The molecule has 0 bridgehead atoms.